The molecule has 0 saturated heterocycles. The standard InChI is InChI=1S/C4H9FO3S/c1-2-3-4(5)8-9(6)7/h4H,2-3H2,1H3,(H,6,7). The van der Waals surface area contributed by atoms with Crippen LogP contribution in [-0.4, -0.2) is 15.1 Å². The van der Waals surface area contributed by atoms with Gasteiger partial charge in [-0.05, 0) is 0 Å². The van der Waals surface area contributed by atoms with Crippen molar-refractivity contribution in [3.05, 3.63) is 0 Å². The third-order valence-electron chi connectivity index (χ3n) is 0.702. The zero-order chi connectivity index (χ0) is 7.28. The van der Waals surface area contributed by atoms with Crippen LogP contribution in [-0.2, 0) is 15.5 Å². The first-order valence-corrected chi connectivity index (χ1v) is 3.62. The molecule has 0 aromatic heterocycles. The Hall–Kier alpha value is -0.0000000000000000486. The Morgan fingerprint density at radius 3 is 2.78 bits per heavy atom. The minimum absolute atomic E-state index is 0.159. The van der Waals surface area contributed by atoms with Crippen molar-refractivity contribution in [2.75, 3.05) is 0 Å². The predicted octanol–water partition coefficient (Wildman–Crippen LogP) is 1.24. The summed E-state index contributed by atoms with van der Waals surface area (Å²) in [5, 5.41) is 0. The van der Waals surface area contributed by atoms with Gasteiger partial charge in [0.2, 0.25) is 6.36 Å². The Balaban J connectivity index is 3.26. The van der Waals surface area contributed by atoms with Crippen molar-refractivity contribution < 1.29 is 17.3 Å². The van der Waals surface area contributed by atoms with Crippen LogP contribution in [0.5, 0.6) is 0 Å². The van der Waals surface area contributed by atoms with Crippen LogP contribution < -0.4 is 0 Å². The van der Waals surface area contributed by atoms with Crippen molar-refractivity contribution in [3.63, 3.8) is 0 Å². The van der Waals surface area contributed by atoms with E-state index in [0.717, 1.165) is 0 Å². The van der Waals surface area contributed by atoms with Crippen molar-refractivity contribution in [2.24, 2.45) is 0 Å². The first-order chi connectivity index (χ1) is 4.16. The van der Waals surface area contributed by atoms with Crippen LogP contribution in [0, 0.1) is 0 Å². The maximum absolute atomic E-state index is 12.1. The molecule has 0 aliphatic carbocycles. The molecule has 3 nitrogen and oxygen atoms in total. The molecule has 2 atom stereocenters. The van der Waals surface area contributed by atoms with Gasteiger partial charge in [0.15, 0.2) is 0 Å². The lowest BCUT2D eigenvalue weighted by atomic mass is 10.3. The highest BCUT2D eigenvalue weighted by Gasteiger charge is 2.07. The van der Waals surface area contributed by atoms with Crippen LogP contribution in [0.25, 0.3) is 0 Å². The fraction of sp³-hybridized carbons (Fsp3) is 1.00. The Kier molecular flexibility index (Phi) is 4.84. The number of hydrogen-bond acceptors (Lipinski definition) is 2. The van der Waals surface area contributed by atoms with Crippen LogP contribution in [0.15, 0.2) is 0 Å². The molecule has 0 aliphatic heterocycles. The van der Waals surface area contributed by atoms with Crippen molar-refractivity contribution >= 4 is 11.4 Å². The third kappa shape index (κ3) is 5.88. The second-order valence-electron chi connectivity index (χ2n) is 1.51. The topological polar surface area (TPSA) is 46.5 Å². The summed E-state index contributed by atoms with van der Waals surface area (Å²) in [6.07, 6.45) is -0.856. The maximum atomic E-state index is 12.1. The summed E-state index contributed by atoms with van der Waals surface area (Å²) in [5.41, 5.74) is 0. The highest BCUT2D eigenvalue weighted by Crippen LogP contribution is 2.03. The van der Waals surface area contributed by atoms with E-state index >= 15 is 0 Å². The highest BCUT2D eigenvalue weighted by molar-refractivity contribution is 7.74. The average molecular weight is 156 g/mol. The van der Waals surface area contributed by atoms with Crippen molar-refractivity contribution in [2.45, 2.75) is 26.1 Å². The van der Waals surface area contributed by atoms with Gasteiger partial charge >= 0.3 is 11.4 Å². The van der Waals surface area contributed by atoms with Gasteiger partial charge in [-0.1, -0.05) is 13.3 Å². The highest BCUT2D eigenvalue weighted by atomic mass is 32.2. The molecule has 0 amide bonds. The van der Waals surface area contributed by atoms with Crippen LogP contribution >= 0.6 is 0 Å². The quantitative estimate of drug-likeness (QED) is 0.623. The largest absolute Gasteiger partial charge is 0.304 e. The summed E-state index contributed by atoms with van der Waals surface area (Å²) in [7, 11) is 0. The van der Waals surface area contributed by atoms with E-state index in [-0.39, 0.29) is 6.42 Å². The molecule has 0 spiro atoms. The second-order valence-corrected chi connectivity index (χ2v) is 2.14. The molecule has 0 aliphatic rings. The van der Waals surface area contributed by atoms with Crippen LogP contribution in [0.1, 0.15) is 19.8 Å². The molecular formula is C4H9FO3S. The molecular weight excluding hydrogens is 147 g/mol. The lowest BCUT2D eigenvalue weighted by Crippen LogP contribution is -2.07. The molecule has 9 heavy (non-hydrogen) atoms. The molecule has 2 unspecified atom stereocenters. The summed E-state index contributed by atoms with van der Waals surface area (Å²) < 4.78 is 33.6. The normalized spacial score (nSPS) is 17.2. The van der Waals surface area contributed by atoms with E-state index < -0.39 is 17.7 Å². The minimum atomic E-state index is -2.47. The average Bonchev–Trinajstić information content (AvgIpc) is 1.63. The molecule has 1 N–H and O–H groups in total. The van der Waals surface area contributed by atoms with E-state index in [1.807, 2.05) is 0 Å². The van der Waals surface area contributed by atoms with Gasteiger partial charge in [0.1, 0.15) is 0 Å². The van der Waals surface area contributed by atoms with Gasteiger partial charge in [0.25, 0.3) is 0 Å². The molecule has 56 valence electrons. The molecule has 0 fully saturated rings. The first-order valence-electron chi connectivity index (χ1n) is 2.59. The van der Waals surface area contributed by atoms with Crippen LogP contribution in [0.4, 0.5) is 4.39 Å². The zero-order valence-corrected chi connectivity index (χ0v) is 5.86. The van der Waals surface area contributed by atoms with Gasteiger partial charge in [-0.2, -0.15) is 4.21 Å². The summed E-state index contributed by atoms with van der Waals surface area (Å²) >= 11 is -2.47. The van der Waals surface area contributed by atoms with Crippen LogP contribution in [0.2, 0.25) is 0 Å². The van der Waals surface area contributed by atoms with Gasteiger partial charge < -0.3 is 0 Å². The fourth-order valence-electron chi connectivity index (χ4n) is 0.364. The van der Waals surface area contributed by atoms with E-state index in [1.54, 1.807) is 6.92 Å². The summed E-state index contributed by atoms with van der Waals surface area (Å²) in [4.78, 5) is 0. The Labute approximate surface area is 55.7 Å². The molecule has 0 aromatic rings. The molecule has 0 aromatic carbocycles. The smallest absolute Gasteiger partial charge is 0.284 e. The van der Waals surface area contributed by atoms with Crippen LogP contribution in [0.3, 0.4) is 0 Å². The summed E-state index contributed by atoms with van der Waals surface area (Å²) in [6.45, 7) is 1.76. The first kappa shape index (κ1) is 9.00. The summed E-state index contributed by atoms with van der Waals surface area (Å²) in [6, 6.07) is 0. The molecule has 0 radical (unpaired) electrons. The Bertz CT molecular complexity index is 97.8. The maximum Gasteiger partial charge on any atom is 0.304 e. The molecule has 0 rings (SSSR count). The minimum Gasteiger partial charge on any atom is -0.284 e. The van der Waals surface area contributed by atoms with Gasteiger partial charge in [0.05, 0.1) is 0 Å². The van der Waals surface area contributed by atoms with Crippen molar-refractivity contribution in [1.82, 2.24) is 0 Å². The lowest BCUT2D eigenvalue weighted by molar-refractivity contribution is 0.0637. The zero-order valence-electron chi connectivity index (χ0n) is 5.04. The number of alkyl halides is 1. The summed E-state index contributed by atoms with van der Waals surface area (Å²) in [5.74, 6) is 0. The van der Waals surface area contributed by atoms with E-state index in [4.69, 9.17) is 4.55 Å². The molecule has 0 saturated carbocycles. The fourth-order valence-corrected chi connectivity index (χ4v) is 0.639. The number of halogens is 1. The van der Waals surface area contributed by atoms with E-state index in [0.29, 0.717) is 6.42 Å². The molecule has 5 heteroatoms. The number of rotatable bonds is 4. The van der Waals surface area contributed by atoms with Gasteiger partial charge in [-0.15, -0.1) is 0 Å². The van der Waals surface area contributed by atoms with E-state index in [9.17, 15) is 8.60 Å². The molecule has 0 heterocycles. The predicted molar refractivity (Wildman–Crippen MR) is 31.7 cm³/mol. The third-order valence-corrected chi connectivity index (χ3v) is 1.08. The second kappa shape index (κ2) is 4.84. The lowest BCUT2D eigenvalue weighted by Gasteiger charge is -2.01. The van der Waals surface area contributed by atoms with E-state index in [2.05, 4.69) is 4.18 Å². The molecule has 0 bridgehead atoms. The number of hydrogen-bond donors (Lipinski definition) is 1. The van der Waals surface area contributed by atoms with E-state index in [1.165, 1.54) is 0 Å². The Morgan fingerprint density at radius 2 is 2.44 bits per heavy atom. The van der Waals surface area contributed by atoms with Gasteiger partial charge in [-0.25, -0.2) is 8.57 Å². The van der Waals surface area contributed by atoms with Crippen molar-refractivity contribution in [1.29, 1.82) is 0 Å². The monoisotopic (exact) mass is 156 g/mol. The Morgan fingerprint density at radius 1 is 1.89 bits per heavy atom. The van der Waals surface area contributed by atoms with Gasteiger partial charge in [-0.3, -0.25) is 4.55 Å². The SMILES string of the molecule is CCCC(F)OS(=O)O. The van der Waals surface area contributed by atoms with Crippen molar-refractivity contribution in [3.8, 4) is 0 Å². The van der Waals surface area contributed by atoms with Gasteiger partial charge in [0, 0.05) is 6.42 Å².